The Kier molecular flexibility index (Phi) is 6.27. The van der Waals surface area contributed by atoms with E-state index < -0.39 is 29.3 Å². The molecule has 29 heavy (non-hydrogen) atoms. The fraction of sp³-hybridized carbons (Fsp3) is 0.500. The van der Waals surface area contributed by atoms with E-state index in [9.17, 15) is 14.9 Å². The van der Waals surface area contributed by atoms with Gasteiger partial charge in [0.2, 0.25) is 0 Å². The molecule has 0 saturated carbocycles. The molecule has 0 aliphatic carbocycles. The van der Waals surface area contributed by atoms with Crippen LogP contribution < -0.4 is 5.32 Å². The number of benzene rings is 1. The van der Waals surface area contributed by atoms with E-state index in [4.69, 9.17) is 9.47 Å². The van der Waals surface area contributed by atoms with Crippen molar-refractivity contribution in [1.82, 2.24) is 9.88 Å². The Labute approximate surface area is 171 Å². The van der Waals surface area contributed by atoms with Gasteiger partial charge in [-0.25, -0.2) is 9.59 Å². The second kappa shape index (κ2) is 8.16. The fourth-order valence-corrected chi connectivity index (χ4v) is 2.88. The lowest BCUT2D eigenvalue weighted by atomic mass is 10.0. The van der Waals surface area contributed by atoms with Crippen molar-refractivity contribution >= 4 is 23.0 Å². The summed E-state index contributed by atoms with van der Waals surface area (Å²) < 4.78 is 12.6. The quantitative estimate of drug-likeness (QED) is 0.789. The largest absolute Gasteiger partial charge is 0.458 e. The van der Waals surface area contributed by atoms with Crippen molar-refractivity contribution in [1.29, 1.82) is 5.26 Å². The number of carbonyl (C=O) groups is 2. The maximum Gasteiger partial charge on any atom is 0.408 e. The first-order chi connectivity index (χ1) is 13.3. The van der Waals surface area contributed by atoms with Crippen LogP contribution in [0.25, 0.3) is 10.9 Å². The van der Waals surface area contributed by atoms with E-state index in [-0.39, 0.29) is 6.42 Å². The summed E-state index contributed by atoms with van der Waals surface area (Å²) in [5, 5.41) is 12.7. The van der Waals surface area contributed by atoms with E-state index in [2.05, 4.69) is 11.4 Å². The van der Waals surface area contributed by atoms with Crippen LogP contribution in [-0.2, 0) is 27.7 Å². The minimum Gasteiger partial charge on any atom is -0.458 e. The zero-order chi connectivity index (χ0) is 22.0. The van der Waals surface area contributed by atoms with Crippen molar-refractivity contribution in [2.24, 2.45) is 7.05 Å². The monoisotopic (exact) mass is 399 g/mol. The molecule has 0 fully saturated rings. The van der Waals surface area contributed by atoms with Crippen molar-refractivity contribution < 1.29 is 19.1 Å². The number of carbonyl (C=O) groups excluding carboxylic acids is 2. The number of aromatic nitrogens is 1. The highest BCUT2D eigenvalue weighted by Crippen LogP contribution is 2.21. The van der Waals surface area contributed by atoms with Gasteiger partial charge in [-0.05, 0) is 65.3 Å². The van der Waals surface area contributed by atoms with Gasteiger partial charge in [-0.1, -0.05) is 6.07 Å². The molecule has 1 aromatic heterocycles. The SMILES string of the molecule is Cn1c(C#N)cc2cc(C[C@H](NC(=O)OC(C)(C)C)C(=O)OC(C)(C)C)ccc21. The highest BCUT2D eigenvalue weighted by molar-refractivity contribution is 5.84. The molecule has 0 spiro atoms. The molecule has 7 heteroatoms. The van der Waals surface area contributed by atoms with Gasteiger partial charge in [0.1, 0.15) is 29.0 Å². The highest BCUT2D eigenvalue weighted by Gasteiger charge is 2.29. The standard InChI is InChI=1S/C22H29N3O4/c1-21(2,3)28-19(26)17(24-20(27)29-22(4,5)6)11-14-8-9-18-15(10-14)12-16(13-23)25(18)7/h8-10,12,17H,11H2,1-7H3,(H,24,27)/t17-/m0/s1. The van der Waals surface area contributed by atoms with Crippen LogP contribution in [0.5, 0.6) is 0 Å². The number of nitrogens with zero attached hydrogens (tertiary/aromatic N) is 2. The van der Waals surface area contributed by atoms with Crippen LogP contribution in [0.2, 0.25) is 0 Å². The Hall–Kier alpha value is -3.01. The molecular weight excluding hydrogens is 370 g/mol. The average Bonchev–Trinajstić information content (AvgIpc) is 2.86. The van der Waals surface area contributed by atoms with Crippen LogP contribution >= 0.6 is 0 Å². The molecule has 1 heterocycles. The zero-order valence-electron chi connectivity index (χ0n) is 18.1. The Morgan fingerprint density at radius 1 is 1.10 bits per heavy atom. The summed E-state index contributed by atoms with van der Waals surface area (Å²) in [6.07, 6.45) is -0.443. The lowest BCUT2D eigenvalue weighted by molar-refractivity contribution is -0.157. The highest BCUT2D eigenvalue weighted by atomic mass is 16.6. The van der Waals surface area contributed by atoms with Gasteiger partial charge < -0.3 is 19.4 Å². The predicted octanol–water partition coefficient (Wildman–Crippen LogP) is 3.83. The van der Waals surface area contributed by atoms with Gasteiger partial charge in [0.05, 0.1) is 0 Å². The van der Waals surface area contributed by atoms with Gasteiger partial charge in [0.15, 0.2) is 0 Å². The number of ether oxygens (including phenoxy) is 2. The number of fused-ring (bicyclic) bond motifs is 1. The number of hydrogen-bond acceptors (Lipinski definition) is 5. The van der Waals surface area contributed by atoms with Gasteiger partial charge in [-0.15, -0.1) is 0 Å². The van der Waals surface area contributed by atoms with E-state index in [1.807, 2.05) is 29.8 Å². The Morgan fingerprint density at radius 2 is 1.72 bits per heavy atom. The molecule has 0 aliphatic heterocycles. The molecule has 0 saturated heterocycles. The van der Waals surface area contributed by atoms with Crippen LogP contribution in [-0.4, -0.2) is 33.9 Å². The lowest BCUT2D eigenvalue weighted by Gasteiger charge is -2.26. The molecular formula is C22H29N3O4. The van der Waals surface area contributed by atoms with Gasteiger partial charge in [0.25, 0.3) is 0 Å². The number of aryl methyl sites for hydroxylation is 1. The Balaban J connectivity index is 2.28. The molecule has 2 aromatic rings. The van der Waals surface area contributed by atoms with E-state index in [0.717, 1.165) is 16.5 Å². The molecule has 0 radical (unpaired) electrons. The second-order valence-electron chi connectivity index (χ2n) is 9.03. The zero-order valence-corrected chi connectivity index (χ0v) is 18.1. The van der Waals surface area contributed by atoms with Crippen molar-refractivity contribution in [2.75, 3.05) is 0 Å². The summed E-state index contributed by atoms with van der Waals surface area (Å²) in [7, 11) is 1.83. The summed E-state index contributed by atoms with van der Waals surface area (Å²) in [4.78, 5) is 24.9. The van der Waals surface area contributed by atoms with Gasteiger partial charge in [-0.2, -0.15) is 5.26 Å². The van der Waals surface area contributed by atoms with Crippen molar-refractivity contribution in [3.05, 3.63) is 35.5 Å². The van der Waals surface area contributed by atoms with E-state index in [0.29, 0.717) is 5.69 Å². The fourth-order valence-electron chi connectivity index (χ4n) is 2.88. The summed E-state index contributed by atoms with van der Waals surface area (Å²) in [5.74, 6) is -0.533. The van der Waals surface area contributed by atoms with Crippen molar-refractivity contribution in [3.8, 4) is 6.07 Å². The molecule has 2 rings (SSSR count). The molecule has 0 unspecified atom stereocenters. The molecule has 1 aromatic carbocycles. The van der Waals surface area contributed by atoms with Crippen molar-refractivity contribution in [2.45, 2.75) is 65.2 Å². The Bertz CT molecular complexity index is 955. The maximum atomic E-state index is 12.7. The van der Waals surface area contributed by atoms with Gasteiger partial charge in [0, 0.05) is 24.4 Å². The summed E-state index contributed by atoms with van der Waals surface area (Å²) in [6, 6.07) is 8.72. The van der Waals surface area contributed by atoms with Crippen LogP contribution in [0.15, 0.2) is 24.3 Å². The van der Waals surface area contributed by atoms with Crippen molar-refractivity contribution in [3.63, 3.8) is 0 Å². The first kappa shape index (κ1) is 22.3. The minimum atomic E-state index is -0.902. The normalized spacial score (nSPS) is 12.9. The number of hydrogen-bond donors (Lipinski definition) is 1. The van der Waals surface area contributed by atoms with E-state index in [1.54, 1.807) is 47.6 Å². The maximum absolute atomic E-state index is 12.7. The molecule has 0 bridgehead atoms. The number of amides is 1. The predicted molar refractivity (Wildman–Crippen MR) is 110 cm³/mol. The summed E-state index contributed by atoms with van der Waals surface area (Å²) in [5.41, 5.74) is 0.932. The minimum absolute atomic E-state index is 0.237. The van der Waals surface area contributed by atoms with Gasteiger partial charge >= 0.3 is 12.1 Å². The summed E-state index contributed by atoms with van der Waals surface area (Å²) in [6.45, 7) is 10.6. The summed E-state index contributed by atoms with van der Waals surface area (Å²) >= 11 is 0. The van der Waals surface area contributed by atoms with E-state index in [1.165, 1.54) is 0 Å². The first-order valence-electron chi connectivity index (χ1n) is 9.50. The third-order valence-electron chi connectivity index (χ3n) is 4.04. The molecule has 1 atom stereocenters. The van der Waals surface area contributed by atoms with Crippen LogP contribution in [0.3, 0.4) is 0 Å². The third-order valence-corrected chi connectivity index (χ3v) is 4.04. The van der Waals surface area contributed by atoms with Crippen LogP contribution in [0.1, 0.15) is 52.8 Å². The van der Waals surface area contributed by atoms with E-state index >= 15 is 0 Å². The number of nitrogens with one attached hydrogen (secondary N) is 1. The second-order valence-corrected chi connectivity index (χ2v) is 9.03. The van der Waals surface area contributed by atoms with Gasteiger partial charge in [-0.3, -0.25) is 0 Å². The number of alkyl carbamates (subject to hydrolysis) is 1. The lowest BCUT2D eigenvalue weighted by Crippen LogP contribution is -2.47. The smallest absolute Gasteiger partial charge is 0.408 e. The first-order valence-corrected chi connectivity index (χ1v) is 9.50. The molecule has 1 N–H and O–H groups in total. The third kappa shape index (κ3) is 6.24. The van der Waals surface area contributed by atoms with Crippen LogP contribution in [0.4, 0.5) is 4.79 Å². The molecule has 7 nitrogen and oxygen atoms in total. The molecule has 0 aliphatic rings. The Morgan fingerprint density at radius 3 is 2.28 bits per heavy atom. The number of rotatable bonds is 4. The number of nitriles is 1. The number of esters is 1. The topological polar surface area (TPSA) is 93.4 Å². The molecule has 1 amide bonds. The van der Waals surface area contributed by atoms with Crippen LogP contribution in [0, 0.1) is 11.3 Å². The average molecular weight is 399 g/mol. The molecule has 156 valence electrons.